The third kappa shape index (κ3) is 9.03. The molecule has 0 aliphatic carbocycles. The molecule has 4 rings (SSSR count). The fourth-order valence-corrected chi connectivity index (χ4v) is 4.38. The number of rotatable bonds is 7. The van der Waals surface area contributed by atoms with Crippen LogP contribution in [0.3, 0.4) is 0 Å². The summed E-state index contributed by atoms with van der Waals surface area (Å²) in [5.41, 5.74) is 8.92. The first-order chi connectivity index (χ1) is 18.7. The van der Waals surface area contributed by atoms with Gasteiger partial charge in [-0.25, -0.2) is 18.7 Å². The molecule has 2 aliphatic rings. The van der Waals surface area contributed by atoms with Crippen molar-refractivity contribution < 1.29 is 8.78 Å². The van der Waals surface area contributed by atoms with E-state index in [1.54, 1.807) is 0 Å². The van der Waals surface area contributed by atoms with Crippen LogP contribution in [0.25, 0.3) is 5.70 Å². The predicted molar refractivity (Wildman–Crippen MR) is 160 cm³/mol. The summed E-state index contributed by atoms with van der Waals surface area (Å²) in [4.78, 5) is 14.0. The van der Waals surface area contributed by atoms with E-state index in [2.05, 4.69) is 76.7 Å². The van der Waals surface area contributed by atoms with Gasteiger partial charge < -0.3 is 20.4 Å². The van der Waals surface area contributed by atoms with Crippen molar-refractivity contribution in [3.8, 4) is 0 Å². The molecule has 2 aliphatic heterocycles. The number of anilines is 1. The zero-order valence-electron chi connectivity index (χ0n) is 24.3. The largest absolute Gasteiger partial charge is 0.367 e. The highest BCUT2D eigenvalue weighted by Crippen LogP contribution is 2.28. The van der Waals surface area contributed by atoms with E-state index in [0.29, 0.717) is 0 Å². The third-order valence-corrected chi connectivity index (χ3v) is 6.32. The molecule has 1 aromatic heterocycles. The Hall–Kier alpha value is -3.52. The minimum atomic E-state index is -2.17. The van der Waals surface area contributed by atoms with Gasteiger partial charge in [-0.3, -0.25) is 0 Å². The summed E-state index contributed by atoms with van der Waals surface area (Å²) in [5, 5.41) is 6.87. The van der Waals surface area contributed by atoms with Crippen molar-refractivity contribution in [3.05, 3.63) is 95.1 Å². The van der Waals surface area contributed by atoms with Gasteiger partial charge >= 0.3 is 0 Å². The molecule has 1 aromatic carbocycles. The quantitative estimate of drug-likeness (QED) is 0.401. The Kier molecular flexibility index (Phi) is 12.8. The Bertz CT molecular complexity index is 1130. The van der Waals surface area contributed by atoms with E-state index in [1.807, 2.05) is 39.1 Å². The van der Waals surface area contributed by atoms with E-state index in [0.717, 1.165) is 74.9 Å². The Morgan fingerprint density at radius 3 is 2.18 bits per heavy atom. The third-order valence-electron chi connectivity index (χ3n) is 6.32. The van der Waals surface area contributed by atoms with E-state index in [9.17, 15) is 8.78 Å². The van der Waals surface area contributed by atoms with Crippen molar-refractivity contribution in [2.45, 2.75) is 61.1 Å². The molecular weight excluding hydrogens is 494 g/mol. The van der Waals surface area contributed by atoms with E-state index in [1.165, 1.54) is 22.3 Å². The number of allylic oxidation sites excluding steroid dienone is 3. The molecule has 0 radical (unpaired) electrons. The van der Waals surface area contributed by atoms with E-state index in [4.69, 9.17) is 4.98 Å². The molecule has 39 heavy (non-hydrogen) atoms. The maximum Gasteiger partial charge on any atom is 0.235 e. The van der Waals surface area contributed by atoms with Gasteiger partial charge in [-0.05, 0) is 68.2 Å². The molecule has 0 bridgehead atoms. The second kappa shape index (κ2) is 15.8. The fraction of sp³-hybridized carbons (Fsp3) is 0.419. The highest BCUT2D eigenvalue weighted by atomic mass is 19.3. The summed E-state index contributed by atoms with van der Waals surface area (Å²) < 4.78 is 20.7. The molecular formula is C31H44F2N6. The summed E-state index contributed by atoms with van der Waals surface area (Å²) in [5.74, 6) is 0.724. The average molecular weight is 539 g/mol. The van der Waals surface area contributed by atoms with Gasteiger partial charge in [-0.2, -0.15) is 0 Å². The Morgan fingerprint density at radius 1 is 1.10 bits per heavy atom. The monoisotopic (exact) mass is 538 g/mol. The number of alkyl halides is 2. The van der Waals surface area contributed by atoms with Crippen molar-refractivity contribution in [2.75, 3.05) is 31.1 Å². The number of piperazine rings is 1. The summed E-state index contributed by atoms with van der Waals surface area (Å²) in [6.45, 7) is 25.0. The summed E-state index contributed by atoms with van der Waals surface area (Å²) in [6.07, 6.45) is 5.68. The number of hydrogen-bond acceptors (Lipinski definition) is 6. The number of halogens is 2. The molecule has 2 aromatic rings. The fourth-order valence-electron chi connectivity index (χ4n) is 4.38. The van der Waals surface area contributed by atoms with Crippen LogP contribution in [0.15, 0.2) is 67.2 Å². The van der Waals surface area contributed by atoms with Gasteiger partial charge in [-0.1, -0.05) is 45.2 Å². The van der Waals surface area contributed by atoms with Crippen molar-refractivity contribution in [3.63, 3.8) is 0 Å². The smallest absolute Gasteiger partial charge is 0.235 e. The van der Waals surface area contributed by atoms with E-state index >= 15 is 0 Å². The van der Waals surface area contributed by atoms with Crippen LogP contribution in [0.5, 0.6) is 0 Å². The molecule has 0 unspecified atom stereocenters. The molecule has 1 fully saturated rings. The molecule has 212 valence electrons. The molecule has 6 nitrogen and oxygen atoms in total. The zero-order chi connectivity index (χ0) is 28.9. The van der Waals surface area contributed by atoms with Gasteiger partial charge in [-0.15, -0.1) is 0 Å². The van der Waals surface area contributed by atoms with Crippen LogP contribution in [0.2, 0.25) is 0 Å². The van der Waals surface area contributed by atoms with Crippen LogP contribution < -0.4 is 15.5 Å². The summed E-state index contributed by atoms with van der Waals surface area (Å²) >= 11 is 0. The van der Waals surface area contributed by atoms with Crippen LogP contribution in [0.4, 0.5) is 14.7 Å². The highest BCUT2D eigenvalue weighted by molar-refractivity contribution is 5.62. The van der Waals surface area contributed by atoms with Gasteiger partial charge in [0.1, 0.15) is 0 Å². The van der Waals surface area contributed by atoms with Crippen LogP contribution in [-0.2, 0) is 13.1 Å². The standard InChI is InChI=1S/C27H34N6.C2H4F2.C2H6/c1-6-8-26(32-13-11-28-12-14-32)24(7-2)30-21(5)25-9-10-29-27(31-25)33-17-22-15-19(3)20(4)16-23(22)18-33;1-2(3)4;1-2/h6-10,15-16,28,30H,2,5,11-14,17-18H2,1,3-4H3;2H,1H3;1-2H3/b8-6-,26-24-;;. The van der Waals surface area contributed by atoms with Crippen molar-refractivity contribution in [2.24, 2.45) is 0 Å². The first-order valence-electron chi connectivity index (χ1n) is 13.6. The first-order valence-corrected chi connectivity index (χ1v) is 13.6. The van der Waals surface area contributed by atoms with Crippen LogP contribution >= 0.6 is 0 Å². The van der Waals surface area contributed by atoms with Gasteiger partial charge in [0.05, 0.1) is 22.8 Å². The molecule has 0 saturated carbocycles. The van der Waals surface area contributed by atoms with Gasteiger partial charge in [0.15, 0.2) is 0 Å². The molecule has 1 saturated heterocycles. The normalized spacial score (nSPS) is 15.1. The Labute approximate surface area is 233 Å². The molecule has 2 N–H and O–H groups in total. The number of nitrogens with zero attached hydrogens (tertiary/aromatic N) is 4. The van der Waals surface area contributed by atoms with Gasteiger partial charge in [0, 0.05) is 45.5 Å². The van der Waals surface area contributed by atoms with E-state index < -0.39 is 6.43 Å². The van der Waals surface area contributed by atoms with Crippen molar-refractivity contribution >= 4 is 11.6 Å². The van der Waals surface area contributed by atoms with Gasteiger partial charge in [0.2, 0.25) is 12.4 Å². The molecule has 0 spiro atoms. The minimum Gasteiger partial charge on any atom is -0.367 e. The second-order valence-electron chi connectivity index (χ2n) is 9.17. The average Bonchev–Trinajstić information content (AvgIpc) is 3.34. The molecule has 3 heterocycles. The maximum atomic E-state index is 10.3. The number of aryl methyl sites for hydroxylation is 2. The topological polar surface area (TPSA) is 56.3 Å². The Balaban J connectivity index is 0.000000815. The lowest BCUT2D eigenvalue weighted by Gasteiger charge is -2.32. The number of aromatic nitrogens is 2. The molecule has 0 atom stereocenters. The second-order valence-corrected chi connectivity index (χ2v) is 9.17. The first kappa shape index (κ1) is 31.7. The lowest BCUT2D eigenvalue weighted by Crippen LogP contribution is -2.43. The molecule has 0 amide bonds. The number of nitrogens with one attached hydrogen (secondary N) is 2. The SMILES string of the molecule is C=C/C(NC(=C)c1ccnc(N2Cc3cc(C)c(C)cc3C2)n1)=C(\C=C/C)N1CCNCC1.CC.CC(F)F. The lowest BCUT2D eigenvalue weighted by atomic mass is 10.0. The Morgan fingerprint density at radius 2 is 1.67 bits per heavy atom. The van der Waals surface area contributed by atoms with E-state index in [-0.39, 0.29) is 0 Å². The van der Waals surface area contributed by atoms with Crippen LogP contribution in [-0.4, -0.2) is 47.5 Å². The maximum absolute atomic E-state index is 10.3. The van der Waals surface area contributed by atoms with Crippen molar-refractivity contribution in [1.29, 1.82) is 0 Å². The predicted octanol–water partition coefficient (Wildman–Crippen LogP) is 6.35. The number of fused-ring (bicyclic) bond motifs is 1. The number of hydrogen-bond donors (Lipinski definition) is 2. The lowest BCUT2D eigenvalue weighted by molar-refractivity contribution is 0.171. The van der Waals surface area contributed by atoms with Crippen LogP contribution in [0.1, 0.15) is 55.6 Å². The van der Waals surface area contributed by atoms with Crippen molar-refractivity contribution in [1.82, 2.24) is 25.5 Å². The number of benzene rings is 1. The molecule has 8 heteroatoms. The highest BCUT2D eigenvalue weighted by Gasteiger charge is 2.22. The summed E-state index contributed by atoms with van der Waals surface area (Å²) in [7, 11) is 0. The zero-order valence-corrected chi connectivity index (χ0v) is 24.3. The minimum absolute atomic E-state index is 0.724. The summed E-state index contributed by atoms with van der Waals surface area (Å²) in [6, 6.07) is 6.47. The van der Waals surface area contributed by atoms with Gasteiger partial charge in [0.25, 0.3) is 0 Å². The van der Waals surface area contributed by atoms with Crippen LogP contribution in [0, 0.1) is 13.8 Å².